The van der Waals surface area contributed by atoms with Gasteiger partial charge in [-0.15, -0.1) is 0 Å². The van der Waals surface area contributed by atoms with Crippen LogP contribution in [0.15, 0.2) is 137 Å². The zero-order valence-electron chi connectivity index (χ0n) is 21.8. The van der Waals surface area contributed by atoms with Crippen molar-refractivity contribution in [3.05, 3.63) is 127 Å². The third-order valence-electron chi connectivity index (χ3n) is 7.82. The Balaban J connectivity index is 1.23. The number of hydrogen-bond acceptors (Lipinski definition) is 3. The minimum atomic E-state index is 0.850. The second kappa shape index (κ2) is 9.18. The predicted octanol–water partition coefficient (Wildman–Crippen LogP) is 10.7. The van der Waals surface area contributed by atoms with E-state index in [1.165, 1.54) is 37.9 Å². The van der Waals surface area contributed by atoms with Gasteiger partial charge < -0.3 is 9.47 Å². The molecule has 7 aromatic carbocycles. The van der Waals surface area contributed by atoms with Crippen LogP contribution in [-0.4, -0.2) is 7.11 Å². The number of benzene rings is 7. The molecule has 0 amide bonds. The molecule has 0 spiro atoms. The van der Waals surface area contributed by atoms with E-state index in [4.69, 9.17) is 9.47 Å². The van der Waals surface area contributed by atoms with Crippen LogP contribution in [0.4, 0.5) is 0 Å². The van der Waals surface area contributed by atoms with Gasteiger partial charge in [-0.1, -0.05) is 103 Å². The lowest BCUT2D eigenvalue weighted by atomic mass is 9.91. The number of methoxy groups -OCH3 is 1. The predicted molar refractivity (Wildman–Crippen MR) is 167 cm³/mol. The Morgan fingerprint density at radius 1 is 0.475 bits per heavy atom. The average molecular weight is 533 g/mol. The van der Waals surface area contributed by atoms with E-state index in [9.17, 15) is 0 Å². The Morgan fingerprint density at radius 3 is 1.80 bits per heavy atom. The van der Waals surface area contributed by atoms with Gasteiger partial charge in [0.2, 0.25) is 0 Å². The Bertz CT molecular complexity index is 2080. The summed E-state index contributed by atoms with van der Waals surface area (Å²) in [5, 5.41) is 7.68. The molecule has 0 aliphatic carbocycles. The molecule has 0 aromatic heterocycles. The Kier molecular flexibility index (Phi) is 5.32. The van der Waals surface area contributed by atoms with Crippen LogP contribution in [0.1, 0.15) is 0 Å². The van der Waals surface area contributed by atoms with E-state index >= 15 is 0 Å². The number of rotatable bonds is 3. The number of para-hydroxylation sites is 1. The van der Waals surface area contributed by atoms with Gasteiger partial charge in [0.25, 0.3) is 0 Å². The Hall–Kier alpha value is -4.73. The fraction of sp³-hybridized carbons (Fsp3) is 0.0270. The first-order chi connectivity index (χ1) is 19.8. The highest BCUT2D eigenvalue weighted by atomic mass is 32.2. The molecule has 8 rings (SSSR count). The maximum absolute atomic E-state index is 6.14. The van der Waals surface area contributed by atoms with Crippen molar-refractivity contribution >= 4 is 44.1 Å². The highest BCUT2D eigenvalue weighted by Gasteiger charge is 2.19. The molecule has 190 valence electrons. The van der Waals surface area contributed by atoms with Crippen molar-refractivity contribution in [1.82, 2.24) is 0 Å². The average Bonchev–Trinajstić information content (AvgIpc) is 3.03. The molecule has 1 heterocycles. The quantitative estimate of drug-likeness (QED) is 0.211. The second-order valence-corrected chi connectivity index (χ2v) is 11.2. The second-order valence-electron chi connectivity index (χ2n) is 10.1. The van der Waals surface area contributed by atoms with Crippen molar-refractivity contribution in [2.75, 3.05) is 7.11 Å². The molecule has 0 N–H and O–H groups in total. The van der Waals surface area contributed by atoms with Crippen LogP contribution in [0.3, 0.4) is 0 Å². The minimum Gasteiger partial charge on any atom is -0.496 e. The van der Waals surface area contributed by atoms with Crippen molar-refractivity contribution in [2.24, 2.45) is 0 Å². The van der Waals surface area contributed by atoms with Crippen LogP contribution in [0.2, 0.25) is 0 Å². The summed E-state index contributed by atoms with van der Waals surface area (Å²) in [6.45, 7) is 0. The number of ether oxygens (including phenoxy) is 2. The summed E-state index contributed by atoms with van der Waals surface area (Å²) in [5.41, 5.74) is 4.47. The summed E-state index contributed by atoms with van der Waals surface area (Å²) >= 11 is 1.74. The molecule has 0 saturated carbocycles. The van der Waals surface area contributed by atoms with Crippen LogP contribution in [-0.2, 0) is 0 Å². The largest absolute Gasteiger partial charge is 0.496 e. The van der Waals surface area contributed by atoms with Gasteiger partial charge in [-0.05, 0) is 85.4 Å². The van der Waals surface area contributed by atoms with Gasteiger partial charge in [0.05, 0.1) is 16.9 Å². The lowest BCUT2D eigenvalue weighted by Crippen LogP contribution is -1.95. The molecule has 7 aromatic rings. The first-order valence-corrected chi connectivity index (χ1v) is 14.2. The molecular weight excluding hydrogens is 508 g/mol. The van der Waals surface area contributed by atoms with E-state index in [0.29, 0.717) is 0 Å². The van der Waals surface area contributed by atoms with Gasteiger partial charge in [-0.2, -0.15) is 0 Å². The van der Waals surface area contributed by atoms with Gasteiger partial charge in [0.15, 0.2) is 0 Å². The summed E-state index contributed by atoms with van der Waals surface area (Å²) in [6.07, 6.45) is 0. The summed E-state index contributed by atoms with van der Waals surface area (Å²) < 4.78 is 12.1. The molecule has 0 fully saturated rings. The zero-order valence-corrected chi connectivity index (χ0v) is 22.7. The van der Waals surface area contributed by atoms with Crippen molar-refractivity contribution in [2.45, 2.75) is 9.79 Å². The van der Waals surface area contributed by atoms with E-state index in [1.807, 2.05) is 18.2 Å². The van der Waals surface area contributed by atoms with E-state index < -0.39 is 0 Å². The summed E-state index contributed by atoms with van der Waals surface area (Å²) in [4.78, 5) is 2.24. The van der Waals surface area contributed by atoms with Crippen LogP contribution in [0, 0.1) is 0 Å². The topological polar surface area (TPSA) is 18.5 Å². The standard InChI is InChI=1S/C37H24O2S/c1-38-35-21-24(14-17-26(35)25-16-19-34-37(22-25)40-36-13-7-6-12-33(36)39-34)23-15-18-31-29-10-3-2-8-27(29)28-9-4-5-11-30(28)32(31)20-23/h2-22H,1H3. The highest BCUT2D eigenvalue weighted by molar-refractivity contribution is 7.99. The SMILES string of the molecule is COc1cc(-c2ccc3c4ccccc4c4ccccc4c3c2)ccc1-c1ccc2c(c1)Sc1ccccc1O2. The van der Waals surface area contributed by atoms with Gasteiger partial charge in [0, 0.05) is 5.56 Å². The number of hydrogen-bond donors (Lipinski definition) is 0. The zero-order chi connectivity index (χ0) is 26.6. The van der Waals surface area contributed by atoms with E-state index in [1.54, 1.807) is 18.9 Å². The van der Waals surface area contributed by atoms with Gasteiger partial charge in [0.1, 0.15) is 17.2 Å². The fourth-order valence-electron chi connectivity index (χ4n) is 5.89. The van der Waals surface area contributed by atoms with Gasteiger partial charge in [-0.25, -0.2) is 0 Å². The molecule has 0 bridgehead atoms. The van der Waals surface area contributed by atoms with Gasteiger partial charge in [-0.3, -0.25) is 0 Å². The van der Waals surface area contributed by atoms with Crippen molar-refractivity contribution in [1.29, 1.82) is 0 Å². The molecule has 1 aliphatic rings. The smallest absolute Gasteiger partial charge is 0.141 e. The van der Waals surface area contributed by atoms with Gasteiger partial charge >= 0.3 is 0 Å². The first-order valence-electron chi connectivity index (χ1n) is 13.4. The van der Waals surface area contributed by atoms with Crippen molar-refractivity contribution in [3.63, 3.8) is 0 Å². The monoisotopic (exact) mass is 532 g/mol. The molecule has 3 heteroatoms. The molecule has 0 radical (unpaired) electrons. The maximum Gasteiger partial charge on any atom is 0.141 e. The van der Waals surface area contributed by atoms with E-state index in [-0.39, 0.29) is 0 Å². The maximum atomic E-state index is 6.14. The Labute approximate surface area is 236 Å². The molecule has 40 heavy (non-hydrogen) atoms. The van der Waals surface area contributed by atoms with Crippen molar-refractivity contribution < 1.29 is 9.47 Å². The summed E-state index contributed by atoms with van der Waals surface area (Å²) in [6, 6.07) is 45.2. The molecule has 1 aliphatic heterocycles. The summed E-state index contributed by atoms with van der Waals surface area (Å²) in [5.74, 6) is 2.65. The molecular formula is C37H24O2S. The molecule has 2 nitrogen and oxygen atoms in total. The third kappa shape index (κ3) is 3.66. The van der Waals surface area contributed by atoms with Crippen LogP contribution < -0.4 is 9.47 Å². The minimum absolute atomic E-state index is 0.850. The van der Waals surface area contributed by atoms with Crippen molar-refractivity contribution in [3.8, 4) is 39.5 Å². The van der Waals surface area contributed by atoms with Crippen LogP contribution >= 0.6 is 11.8 Å². The fourth-order valence-corrected chi connectivity index (χ4v) is 6.88. The Morgan fingerprint density at radius 2 is 1.05 bits per heavy atom. The van der Waals surface area contributed by atoms with E-state index in [2.05, 4.69) is 109 Å². The third-order valence-corrected chi connectivity index (χ3v) is 8.92. The molecule has 0 unspecified atom stereocenters. The molecule has 0 atom stereocenters. The lowest BCUT2D eigenvalue weighted by Gasteiger charge is -2.20. The van der Waals surface area contributed by atoms with Crippen LogP contribution in [0.5, 0.6) is 17.2 Å². The summed E-state index contributed by atoms with van der Waals surface area (Å²) in [7, 11) is 1.75. The van der Waals surface area contributed by atoms with Crippen LogP contribution in [0.25, 0.3) is 54.6 Å². The van der Waals surface area contributed by atoms with E-state index in [0.717, 1.165) is 43.7 Å². The first kappa shape index (κ1) is 23.2. The lowest BCUT2D eigenvalue weighted by molar-refractivity contribution is 0.416. The highest BCUT2D eigenvalue weighted by Crippen LogP contribution is 2.48. The molecule has 0 saturated heterocycles. The normalized spacial score (nSPS) is 12.2. The number of fused-ring (bicyclic) bond motifs is 8.